The minimum atomic E-state index is -1.02. The number of nitrogens with zero attached hydrogens (tertiary/aromatic N) is 2. The molecule has 0 bridgehead atoms. The lowest BCUT2D eigenvalue weighted by molar-refractivity contribution is 0.0465. The number of hydrogen-bond acceptors (Lipinski definition) is 2. The van der Waals surface area contributed by atoms with E-state index >= 15 is 0 Å². The summed E-state index contributed by atoms with van der Waals surface area (Å²) in [4.78, 5) is 7.11. The maximum absolute atomic E-state index is 11.5. The van der Waals surface area contributed by atoms with Gasteiger partial charge < -0.3 is 15.3 Å². The fourth-order valence-corrected chi connectivity index (χ4v) is 3.49. The number of aliphatic imine (C=N–C) groups is 1. The lowest BCUT2D eigenvalue weighted by Crippen LogP contribution is -2.41. The van der Waals surface area contributed by atoms with Crippen LogP contribution < -0.4 is 5.32 Å². The van der Waals surface area contributed by atoms with E-state index in [0.29, 0.717) is 13.0 Å². The second-order valence-corrected chi connectivity index (χ2v) is 6.92. The van der Waals surface area contributed by atoms with Crippen LogP contribution in [-0.4, -0.2) is 42.1 Å². The summed E-state index contributed by atoms with van der Waals surface area (Å²) in [7, 11) is 0. The van der Waals surface area contributed by atoms with Crippen molar-refractivity contribution in [2.75, 3.05) is 26.2 Å². The van der Waals surface area contributed by atoms with Crippen molar-refractivity contribution in [3.8, 4) is 0 Å². The minimum Gasteiger partial charge on any atom is -0.383 e. The van der Waals surface area contributed by atoms with E-state index in [9.17, 15) is 5.11 Å². The van der Waals surface area contributed by atoms with E-state index < -0.39 is 5.60 Å². The fraction of sp³-hybridized carbons (Fsp3) is 0.409. The SMILES string of the molecule is CCNC(=NCC(O)(Cc1ccccc1)c1ccccc1)N1CCCC1.I. The second kappa shape index (κ2) is 10.7. The van der Waals surface area contributed by atoms with Crippen molar-refractivity contribution in [2.24, 2.45) is 4.99 Å². The summed E-state index contributed by atoms with van der Waals surface area (Å²) in [5.74, 6) is 0.910. The number of likely N-dealkylation sites (tertiary alicyclic amines) is 1. The predicted molar refractivity (Wildman–Crippen MR) is 123 cm³/mol. The van der Waals surface area contributed by atoms with Crippen molar-refractivity contribution in [1.82, 2.24) is 10.2 Å². The smallest absolute Gasteiger partial charge is 0.194 e. The molecule has 1 unspecified atom stereocenters. The lowest BCUT2D eigenvalue weighted by Gasteiger charge is -2.29. The Kier molecular flexibility index (Phi) is 8.57. The lowest BCUT2D eigenvalue weighted by atomic mass is 9.87. The summed E-state index contributed by atoms with van der Waals surface area (Å²) < 4.78 is 0. The Morgan fingerprint density at radius 3 is 2.22 bits per heavy atom. The minimum absolute atomic E-state index is 0. The average molecular weight is 479 g/mol. The van der Waals surface area contributed by atoms with E-state index in [1.54, 1.807) is 0 Å². The Labute approximate surface area is 179 Å². The first-order valence-corrected chi connectivity index (χ1v) is 9.56. The molecule has 0 spiro atoms. The van der Waals surface area contributed by atoms with Crippen LogP contribution in [0.1, 0.15) is 30.9 Å². The highest BCUT2D eigenvalue weighted by molar-refractivity contribution is 14.0. The molecular weight excluding hydrogens is 449 g/mol. The first kappa shape index (κ1) is 21.7. The van der Waals surface area contributed by atoms with Gasteiger partial charge in [-0.3, -0.25) is 0 Å². The number of rotatable bonds is 6. The molecule has 1 fully saturated rings. The topological polar surface area (TPSA) is 47.9 Å². The maximum Gasteiger partial charge on any atom is 0.194 e. The quantitative estimate of drug-likeness (QED) is 0.377. The molecule has 2 aromatic rings. The van der Waals surface area contributed by atoms with Crippen molar-refractivity contribution >= 4 is 29.9 Å². The molecule has 146 valence electrons. The number of halogens is 1. The summed E-state index contributed by atoms with van der Waals surface area (Å²) in [5, 5.41) is 14.9. The maximum atomic E-state index is 11.5. The van der Waals surface area contributed by atoms with Gasteiger partial charge in [0, 0.05) is 26.1 Å². The Bertz CT molecular complexity index is 702. The zero-order valence-corrected chi connectivity index (χ0v) is 18.3. The van der Waals surface area contributed by atoms with Gasteiger partial charge in [0.2, 0.25) is 0 Å². The van der Waals surface area contributed by atoms with Gasteiger partial charge in [0.05, 0.1) is 6.54 Å². The molecule has 2 N–H and O–H groups in total. The Hall–Kier alpha value is -1.60. The third-order valence-electron chi connectivity index (χ3n) is 4.88. The summed E-state index contributed by atoms with van der Waals surface area (Å²) in [5.41, 5.74) is 0.994. The van der Waals surface area contributed by atoms with Gasteiger partial charge in [0.1, 0.15) is 5.60 Å². The molecule has 0 aliphatic carbocycles. The normalized spacial score (nSPS) is 16.5. The van der Waals surface area contributed by atoms with Crippen molar-refractivity contribution in [3.05, 3.63) is 71.8 Å². The van der Waals surface area contributed by atoms with Crippen LogP contribution in [0.5, 0.6) is 0 Å². The highest BCUT2D eigenvalue weighted by atomic mass is 127. The summed E-state index contributed by atoms with van der Waals surface area (Å²) in [6.07, 6.45) is 2.95. The van der Waals surface area contributed by atoms with E-state index in [0.717, 1.165) is 36.7 Å². The highest BCUT2D eigenvalue weighted by Gasteiger charge is 2.30. The number of nitrogens with one attached hydrogen (secondary N) is 1. The van der Waals surface area contributed by atoms with Gasteiger partial charge in [0.25, 0.3) is 0 Å². The molecule has 1 aliphatic heterocycles. The van der Waals surface area contributed by atoms with E-state index in [4.69, 9.17) is 4.99 Å². The largest absolute Gasteiger partial charge is 0.383 e. The molecule has 1 saturated heterocycles. The predicted octanol–water partition coefficient (Wildman–Crippen LogP) is 3.80. The Morgan fingerprint density at radius 1 is 1.04 bits per heavy atom. The van der Waals surface area contributed by atoms with Crippen LogP contribution in [0.3, 0.4) is 0 Å². The molecule has 5 heteroatoms. The van der Waals surface area contributed by atoms with Crippen LogP contribution in [0.4, 0.5) is 0 Å². The van der Waals surface area contributed by atoms with Crippen molar-refractivity contribution in [1.29, 1.82) is 0 Å². The van der Waals surface area contributed by atoms with E-state index in [2.05, 4.69) is 29.3 Å². The Morgan fingerprint density at radius 2 is 1.63 bits per heavy atom. The second-order valence-electron chi connectivity index (χ2n) is 6.92. The first-order valence-electron chi connectivity index (χ1n) is 9.56. The Balaban J connectivity index is 0.00000261. The van der Waals surface area contributed by atoms with Gasteiger partial charge in [-0.05, 0) is 30.9 Å². The monoisotopic (exact) mass is 479 g/mol. The van der Waals surface area contributed by atoms with Crippen LogP contribution in [0.25, 0.3) is 0 Å². The molecule has 2 aromatic carbocycles. The van der Waals surface area contributed by atoms with Crippen LogP contribution in [0.15, 0.2) is 65.7 Å². The number of benzene rings is 2. The van der Waals surface area contributed by atoms with E-state index in [1.165, 1.54) is 12.8 Å². The molecule has 3 rings (SSSR count). The van der Waals surface area contributed by atoms with Crippen LogP contribution in [-0.2, 0) is 12.0 Å². The van der Waals surface area contributed by atoms with Gasteiger partial charge in [-0.1, -0.05) is 60.7 Å². The van der Waals surface area contributed by atoms with Crippen LogP contribution >= 0.6 is 24.0 Å². The van der Waals surface area contributed by atoms with Gasteiger partial charge in [-0.25, -0.2) is 4.99 Å². The van der Waals surface area contributed by atoms with Gasteiger partial charge in [0.15, 0.2) is 5.96 Å². The van der Waals surface area contributed by atoms with Crippen LogP contribution in [0, 0.1) is 0 Å². The van der Waals surface area contributed by atoms with E-state index in [-0.39, 0.29) is 24.0 Å². The van der Waals surface area contributed by atoms with Crippen molar-refractivity contribution in [3.63, 3.8) is 0 Å². The molecular formula is C22H30IN3O. The molecule has 0 amide bonds. The van der Waals surface area contributed by atoms with Gasteiger partial charge >= 0.3 is 0 Å². The zero-order valence-electron chi connectivity index (χ0n) is 16.0. The number of aliphatic hydroxyl groups is 1. The highest BCUT2D eigenvalue weighted by Crippen LogP contribution is 2.26. The fourth-order valence-electron chi connectivity index (χ4n) is 3.49. The first-order chi connectivity index (χ1) is 12.7. The van der Waals surface area contributed by atoms with Crippen molar-refractivity contribution in [2.45, 2.75) is 31.8 Å². The molecule has 27 heavy (non-hydrogen) atoms. The number of hydrogen-bond donors (Lipinski definition) is 2. The third kappa shape index (κ3) is 5.94. The summed E-state index contributed by atoms with van der Waals surface area (Å²) in [6.45, 7) is 5.32. The third-order valence-corrected chi connectivity index (χ3v) is 4.88. The molecule has 0 saturated carbocycles. The van der Waals surface area contributed by atoms with Gasteiger partial charge in [-0.15, -0.1) is 24.0 Å². The molecule has 0 radical (unpaired) electrons. The van der Waals surface area contributed by atoms with E-state index in [1.807, 2.05) is 48.5 Å². The zero-order chi connectivity index (χ0) is 18.2. The number of guanidine groups is 1. The van der Waals surface area contributed by atoms with Crippen molar-refractivity contribution < 1.29 is 5.11 Å². The van der Waals surface area contributed by atoms with Gasteiger partial charge in [-0.2, -0.15) is 0 Å². The average Bonchev–Trinajstić information content (AvgIpc) is 3.21. The van der Waals surface area contributed by atoms with Crippen LogP contribution in [0.2, 0.25) is 0 Å². The summed E-state index contributed by atoms with van der Waals surface area (Å²) in [6, 6.07) is 20.0. The summed E-state index contributed by atoms with van der Waals surface area (Å²) >= 11 is 0. The standard InChI is InChI=1S/C22H29N3O.HI/c1-2-23-21(25-15-9-10-16-25)24-18-22(26,20-13-7-4-8-14-20)17-19-11-5-3-6-12-19;/h3-8,11-14,26H,2,9-10,15-18H2,1H3,(H,23,24);1H. The molecule has 0 aromatic heterocycles. The molecule has 1 heterocycles. The molecule has 1 aliphatic rings. The molecule has 1 atom stereocenters. The molecule has 4 nitrogen and oxygen atoms in total.